The first-order chi connectivity index (χ1) is 14.9. The Bertz CT molecular complexity index is 1720. The van der Waals surface area contributed by atoms with E-state index < -0.39 is 0 Å². The van der Waals surface area contributed by atoms with Gasteiger partial charge in [0.05, 0.1) is 9.75 Å². The number of rotatable bonds is 1. The Morgan fingerprint density at radius 2 is 0.767 bits per heavy atom. The molecule has 0 aliphatic carbocycles. The summed E-state index contributed by atoms with van der Waals surface area (Å²) in [7, 11) is 0. The quantitative estimate of drug-likeness (QED) is 0.251. The van der Waals surface area contributed by atoms with Gasteiger partial charge in [-0.1, -0.05) is 72.8 Å². The second-order valence-corrected chi connectivity index (χ2v) is 10.2. The van der Waals surface area contributed by atoms with Crippen molar-refractivity contribution in [2.24, 2.45) is 0 Å². The monoisotopic (exact) mass is 414 g/mol. The van der Waals surface area contributed by atoms with Crippen molar-refractivity contribution in [2.75, 3.05) is 0 Å². The fourth-order valence-electron chi connectivity index (χ4n) is 5.32. The van der Waals surface area contributed by atoms with E-state index in [1.807, 2.05) is 22.7 Å². The summed E-state index contributed by atoms with van der Waals surface area (Å²) in [5.41, 5.74) is 0. The maximum Gasteiger partial charge on any atom is 0.0534 e. The maximum absolute atomic E-state index is 2.34. The predicted octanol–water partition coefficient (Wildman–Crippen LogP) is 9.27. The molecule has 0 spiro atoms. The standard InChI is InChI=1S/C28H14S2/c1-3-15-7-11-19-25-21(13-9-17(5-1)23(15)25)29-27(19)28-20-12-8-16-4-2-6-18-10-14-22(30-28)26(20)24(16)18/h1-14H. The van der Waals surface area contributed by atoms with Crippen LogP contribution in [0.3, 0.4) is 0 Å². The van der Waals surface area contributed by atoms with Crippen LogP contribution in [0.15, 0.2) is 84.9 Å². The first kappa shape index (κ1) is 15.6. The van der Waals surface area contributed by atoms with Crippen LogP contribution in [-0.4, -0.2) is 0 Å². The summed E-state index contributed by atoms with van der Waals surface area (Å²) < 4.78 is 2.78. The van der Waals surface area contributed by atoms with Gasteiger partial charge in [0, 0.05) is 30.9 Å². The third kappa shape index (κ3) is 1.78. The summed E-state index contributed by atoms with van der Waals surface area (Å²) in [6.07, 6.45) is 0. The van der Waals surface area contributed by atoms with E-state index in [0.717, 1.165) is 0 Å². The highest BCUT2D eigenvalue weighted by Crippen LogP contribution is 2.51. The molecule has 0 aliphatic rings. The van der Waals surface area contributed by atoms with Gasteiger partial charge in [0.25, 0.3) is 0 Å². The van der Waals surface area contributed by atoms with E-state index in [9.17, 15) is 0 Å². The van der Waals surface area contributed by atoms with Crippen LogP contribution in [0, 0.1) is 0 Å². The van der Waals surface area contributed by atoms with Crippen molar-refractivity contribution in [1.29, 1.82) is 0 Å². The van der Waals surface area contributed by atoms with Crippen molar-refractivity contribution in [3.8, 4) is 9.75 Å². The number of hydrogen-bond donors (Lipinski definition) is 0. The molecule has 2 heterocycles. The Kier molecular flexibility index (Phi) is 2.75. The molecule has 30 heavy (non-hydrogen) atoms. The second kappa shape index (κ2) is 5.28. The molecule has 6 aromatic carbocycles. The number of benzene rings is 6. The molecule has 138 valence electrons. The average Bonchev–Trinajstić information content (AvgIpc) is 3.36. The minimum Gasteiger partial charge on any atom is -0.134 e. The molecule has 0 amide bonds. The lowest BCUT2D eigenvalue weighted by molar-refractivity contribution is 1.83. The summed E-state index contributed by atoms with van der Waals surface area (Å²) in [5.74, 6) is 0. The van der Waals surface area contributed by atoms with E-state index >= 15 is 0 Å². The van der Waals surface area contributed by atoms with Gasteiger partial charge < -0.3 is 0 Å². The normalized spacial score (nSPS) is 12.7. The molecule has 0 unspecified atom stereocenters. The summed E-state index contributed by atoms with van der Waals surface area (Å²) in [6.45, 7) is 0. The van der Waals surface area contributed by atoms with E-state index in [2.05, 4.69) is 84.9 Å². The Hall–Kier alpha value is -3.20. The van der Waals surface area contributed by atoms with Gasteiger partial charge >= 0.3 is 0 Å². The Labute approximate surface area is 180 Å². The van der Waals surface area contributed by atoms with Crippen LogP contribution in [0.4, 0.5) is 0 Å². The molecular formula is C28H14S2. The third-order valence-corrected chi connectivity index (χ3v) is 9.10. The highest BCUT2D eigenvalue weighted by atomic mass is 32.1. The van der Waals surface area contributed by atoms with Crippen LogP contribution in [0.2, 0.25) is 0 Å². The van der Waals surface area contributed by atoms with Gasteiger partial charge in [0.2, 0.25) is 0 Å². The molecule has 0 nitrogen and oxygen atoms in total. The fraction of sp³-hybridized carbons (Fsp3) is 0. The van der Waals surface area contributed by atoms with Gasteiger partial charge in [-0.15, -0.1) is 22.7 Å². The smallest absolute Gasteiger partial charge is 0.0534 e. The summed E-state index contributed by atoms with van der Waals surface area (Å²) in [5, 5.41) is 13.8. The molecule has 0 radical (unpaired) electrons. The Morgan fingerprint density at radius 3 is 1.20 bits per heavy atom. The number of thiophene rings is 2. The van der Waals surface area contributed by atoms with Crippen LogP contribution in [0.5, 0.6) is 0 Å². The van der Waals surface area contributed by atoms with Crippen LogP contribution in [-0.2, 0) is 0 Å². The third-order valence-electron chi connectivity index (χ3n) is 6.60. The molecule has 0 atom stereocenters. The van der Waals surface area contributed by atoms with Crippen LogP contribution in [0.25, 0.3) is 73.0 Å². The number of hydrogen-bond acceptors (Lipinski definition) is 2. The van der Waals surface area contributed by atoms with Crippen LogP contribution < -0.4 is 0 Å². The molecule has 2 heteroatoms. The molecule has 2 aromatic heterocycles. The lowest BCUT2D eigenvalue weighted by Crippen LogP contribution is -1.80. The zero-order chi connectivity index (χ0) is 19.4. The molecule has 0 fully saturated rings. The van der Waals surface area contributed by atoms with E-state index in [-0.39, 0.29) is 0 Å². The van der Waals surface area contributed by atoms with Crippen LogP contribution in [0.1, 0.15) is 0 Å². The fourth-order valence-corrected chi connectivity index (χ4v) is 7.87. The minimum absolute atomic E-state index is 1.34. The molecular weight excluding hydrogens is 400 g/mol. The van der Waals surface area contributed by atoms with E-state index in [1.54, 1.807) is 0 Å². The van der Waals surface area contributed by atoms with E-state index in [0.29, 0.717) is 0 Å². The van der Waals surface area contributed by atoms with Crippen LogP contribution >= 0.6 is 22.7 Å². The summed E-state index contributed by atoms with van der Waals surface area (Å²) >= 11 is 3.89. The van der Waals surface area contributed by atoms with Gasteiger partial charge in [-0.05, 0) is 44.5 Å². The molecule has 8 aromatic rings. The van der Waals surface area contributed by atoms with Crippen molar-refractivity contribution in [1.82, 2.24) is 0 Å². The highest BCUT2D eigenvalue weighted by molar-refractivity contribution is 7.30. The van der Waals surface area contributed by atoms with E-state index in [4.69, 9.17) is 0 Å². The largest absolute Gasteiger partial charge is 0.134 e. The lowest BCUT2D eigenvalue weighted by atomic mass is 9.96. The molecule has 8 rings (SSSR count). The van der Waals surface area contributed by atoms with Gasteiger partial charge in [-0.2, -0.15) is 0 Å². The lowest BCUT2D eigenvalue weighted by Gasteiger charge is -2.06. The first-order valence-electron chi connectivity index (χ1n) is 10.2. The Morgan fingerprint density at radius 1 is 0.367 bits per heavy atom. The van der Waals surface area contributed by atoms with Crippen molar-refractivity contribution < 1.29 is 0 Å². The Balaban J connectivity index is 1.57. The van der Waals surface area contributed by atoms with Crippen molar-refractivity contribution >= 4 is 85.9 Å². The van der Waals surface area contributed by atoms with Gasteiger partial charge in [-0.25, -0.2) is 0 Å². The SMILES string of the molecule is c1cc2ccc3sc(-c4sc5ccc6cccc7ccc4c5c67)c4ccc(c1)c2c34. The topological polar surface area (TPSA) is 0 Å². The van der Waals surface area contributed by atoms with Crippen molar-refractivity contribution in [2.45, 2.75) is 0 Å². The highest BCUT2D eigenvalue weighted by Gasteiger charge is 2.20. The molecule has 0 saturated carbocycles. The van der Waals surface area contributed by atoms with Crippen molar-refractivity contribution in [3.05, 3.63) is 84.9 Å². The average molecular weight is 415 g/mol. The van der Waals surface area contributed by atoms with Gasteiger partial charge in [-0.3, -0.25) is 0 Å². The molecule has 0 bridgehead atoms. The first-order valence-corrected chi connectivity index (χ1v) is 11.8. The van der Waals surface area contributed by atoms with Gasteiger partial charge in [0.15, 0.2) is 0 Å². The second-order valence-electron chi connectivity index (χ2n) is 8.12. The molecule has 0 aliphatic heterocycles. The zero-order valence-electron chi connectivity index (χ0n) is 15.9. The zero-order valence-corrected chi connectivity index (χ0v) is 17.5. The van der Waals surface area contributed by atoms with Crippen molar-refractivity contribution in [3.63, 3.8) is 0 Å². The minimum atomic E-state index is 1.34. The maximum atomic E-state index is 2.34. The summed E-state index contributed by atoms with van der Waals surface area (Å²) in [6, 6.07) is 31.7. The molecule has 0 N–H and O–H groups in total. The summed E-state index contributed by atoms with van der Waals surface area (Å²) in [4.78, 5) is 2.83. The van der Waals surface area contributed by atoms with Gasteiger partial charge in [0.1, 0.15) is 0 Å². The van der Waals surface area contributed by atoms with E-state index in [1.165, 1.54) is 73.0 Å². The molecule has 0 saturated heterocycles. The predicted molar refractivity (Wildman–Crippen MR) is 135 cm³/mol.